The third kappa shape index (κ3) is 5.01. The number of amides is 1. The van der Waals surface area contributed by atoms with Gasteiger partial charge < -0.3 is 19.8 Å². The van der Waals surface area contributed by atoms with E-state index in [0.717, 1.165) is 11.8 Å². The van der Waals surface area contributed by atoms with E-state index in [1.807, 2.05) is 29.8 Å². The molecule has 2 N–H and O–H groups in total. The number of hydroxylamine groups is 1. The van der Waals surface area contributed by atoms with Crippen LogP contribution in [0.5, 0.6) is 0 Å². The summed E-state index contributed by atoms with van der Waals surface area (Å²) < 4.78 is 27.7. The zero-order chi connectivity index (χ0) is 26.2. The van der Waals surface area contributed by atoms with Crippen molar-refractivity contribution >= 4 is 44.1 Å². The van der Waals surface area contributed by atoms with Gasteiger partial charge >= 0.3 is 0 Å². The van der Waals surface area contributed by atoms with E-state index in [-0.39, 0.29) is 17.8 Å². The number of nitrogens with zero attached hydrogens (tertiary/aromatic N) is 2. The molecule has 0 unspecified atom stereocenters. The van der Waals surface area contributed by atoms with Crippen LogP contribution in [0.2, 0.25) is 5.02 Å². The molecule has 0 fully saturated rings. The van der Waals surface area contributed by atoms with Crippen molar-refractivity contribution in [1.29, 1.82) is 0 Å². The van der Waals surface area contributed by atoms with Crippen molar-refractivity contribution < 1.29 is 13.2 Å². The van der Waals surface area contributed by atoms with Crippen LogP contribution < -0.4 is 15.3 Å². The minimum atomic E-state index is -3.92. The molecule has 1 amide bonds. The number of carbonyl (C=O) groups is 1. The maximum atomic E-state index is 13.4. The van der Waals surface area contributed by atoms with Crippen molar-refractivity contribution in [3.05, 3.63) is 92.1 Å². The zero-order valence-corrected chi connectivity index (χ0v) is 21.4. The molecule has 0 spiro atoms. The first-order valence-electron chi connectivity index (χ1n) is 11.0. The number of rotatable bonds is 7. The van der Waals surface area contributed by atoms with Gasteiger partial charge in [0, 0.05) is 45.5 Å². The Bertz CT molecular complexity index is 1640. The Morgan fingerprint density at radius 3 is 2.58 bits per heavy atom. The lowest BCUT2D eigenvalue weighted by atomic mass is 10.0. The molecular weight excluding hydrogens is 504 g/mol. The summed E-state index contributed by atoms with van der Waals surface area (Å²) in [7, 11) is -2.56. The molecule has 2 heterocycles. The van der Waals surface area contributed by atoms with E-state index in [9.17, 15) is 23.2 Å². The van der Waals surface area contributed by atoms with E-state index in [0.29, 0.717) is 44.2 Å². The summed E-state index contributed by atoms with van der Waals surface area (Å²) in [5.74, 6) is -0.891. The number of halogens is 1. The number of aromatic amines is 1. The van der Waals surface area contributed by atoms with Gasteiger partial charge in [-0.25, -0.2) is 13.1 Å². The molecule has 4 aromatic rings. The number of aryl methyl sites for hydroxylation is 1. The first-order valence-corrected chi connectivity index (χ1v) is 13.3. The number of nitrogens with one attached hydrogen (secondary N) is 2. The second kappa shape index (κ2) is 9.81. The number of hydrogen-bond donors (Lipinski definition) is 2. The minimum absolute atomic E-state index is 0.0164. The van der Waals surface area contributed by atoms with Crippen molar-refractivity contribution in [1.82, 2.24) is 14.3 Å². The van der Waals surface area contributed by atoms with Crippen molar-refractivity contribution in [3.63, 3.8) is 0 Å². The predicted molar refractivity (Wildman–Crippen MR) is 142 cm³/mol. The predicted octanol–water partition coefficient (Wildman–Crippen LogP) is 3.88. The zero-order valence-electron chi connectivity index (χ0n) is 19.8. The van der Waals surface area contributed by atoms with Crippen molar-refractivity contribution in [2.24, 2.45) is 0 Å². The van der Waals surface area contributed by atoms with Crippen molar-refractivity contribution in [2.75, 3.05) is 18.4 Å². The van der Waals surface area contributed by atoms with Gasteiger partial charge in [-0.05, 0) is 67.1 Å². The Morgan fingerprint density at radius 2 is 1.94 bits per heavy atom. The van der Waals surface area contributed by atoms with Crippen LogP contribution >= 0.6 is 11.6 Å². The van der Waals surface area contributed by atoms with Gasteiger partial charge in [-0.15, -0.1) is 0 Å². The fraction of sp³-hybridized carbons (Fsp3) is 0.200. The molecule has 188 valence electrons. The number of pyridine rings is 1. The van der Waals surface area contributed by atoms with Crippen LogP contribution in [-0.2, 0) is 23.0 Å². The van der Waals surface area contributed by atoms with Gasteiger partial charge in [0.15, 0.2) is 0 Å². The lowest BCUT2D eigenvalue weighted by Gasteiger charge is -2.25. The lowest BCUT2D eigenvalue weighted by molar-refractivity contribution is 0.0974. The second-order valence-electron chi connectivity index (χ2n) is 8.40. The Hall–Kier alpha value is -3.60. The molecule has 0 aliphatic carbocycles. The van der Waals surface area contributed by atoms with Crippen LogP contribution in [0, 0.1) is 5.21 Å². The molecule has 0 atom stereocenters. The van der Waals surface area contributed by atoms with Crippen LogP contribution in [0.4, 0.5) is 5.69 Å². The summed E-state index contributed by atoms with van der Waals surface area (Å²) in [4.78, 5) is 28.9. The third-order valence-electron chi connectivity index (χ3n) is 5.84. The number of aromatic nitrogens is 2. The van der Waals surface area contributed by atoms with Gasteiger partial charge in [0.2, 0.25) is 10.0 Å². The van der Waals surface area contributed by atoms with Gasteiger partial charge in [0.25, 0.3) is 11.5 Å². The number of hydrogen-bond acceptors (Lipinski definition) is 6. The van der Waals surface area contributed by atoms with E-state index in [1.54, 1.807) is 34.9 Å². The number of carbonyl (C=O) groups excluding carboxylic acids is 1. The Labute approximate surface area is 213 Å². The highest BCUT2D eigenvalue weighted by Crippen LogP contribution is 2.36. The molecule has 36 heavy (non-hydrogen) atoms. The summed E-state index contributed by atoms with van der Waals surface area (Å²) in [6.07, 6.45) is 3.07. The van der Waals surface area contributed by atoms with Gasteiger partial charge in [-0.3, -0.25) is 9.59 Å². The van der Waals surface area contributed by atoms with E-state index < -0.39 is 21.5 Å². The molecule has 0 aliphatic rings. The topological polar surface area (TPSA) is 127 Å². The minimum Gasteiger partial charge on any atom is -0.758 e. The molecule has 4 rings (SSSR count). The molecular formula is C25H24ClN4O5S-. The quantitative estimate of drug-likeness (QED) is 0.351. The molecule has 11 heteroatoms. The molecule has 0 saturated heterocycles. The first kappa shape index (κ1) is 25.5. The summed E-state index contributed by atoms with van der Waals surface area (Å²) >= 11 is 6.45. The molecule has 2 aromatic carbocycles. The standard InChI is InChI=1S/C25H24ClN4O5S/c1-4-15-7-10-21-19(12-15)22(18-6-5-11-27-24(18)31)23(25(32)28-36(3,34)35)30(21)14-16-13-17(29(2)33)8-9-20(16)26/h5-13H,4,14H2,1-3H3,(H,27,31)(H,28,32)/q-1. The highest BCUT2D eigenvalue weighted by molar-refractivity contribution is 7.89. The Morgan fingerprint density at radius 1 is 1.19 bits per heavy atom. The average molecular weight is 528 g/mol. The first-order chi connectivity index (χ1) is 17.0. The smallest absolute Gasteiger partial charge is 0.282 e. The van der Waals surface area contributed by atoms with E-state index >= 15 is 0 Å². The molecule has 0 aliphatic heterocycles. The summed E-state index contributed by atoms with van der Waals surface area (Å²) in [6.45, 7) is 2.02. The lowest BCUT2D eigenvalue weighted by Crippen LogP contribution is -2.32. The Kier molecular flexibility index (Phi) is 6.94. The molecule has 2 aromatic heterocycles. The highest BCUT2D eigenvalue weighted by atomic mass is 35.5. The number of benzene rings is 2. The molecule has 0 saturated carbocycles. The average Bonchev–Trinajstić information content (AvgIpc) is 3.12. The maximum Gasteiger partial charge on any atom is 0.282 e. The van der Waals surface area contributed by atoms with E-state index in [2.05, 4.69) is 4.98 Å². The maximum absolute atomic E-state index is 13.4. The fourth-order valence-electron chi connectivity index (χ4n) is 4.18. The van der Waals surface area contributed by atoms with Crippen molar-refractivity contribution in [3.8, 4) is 11.1 Å². The van der Waals surface area contributed by atoms with Gasteiger partial charge in [0.05, 0.1) is 6.26 Å². The molecule has 0 bridgehead atoms. The van der Waals surface area contributed by atoms with E-state index in [4.69, 9.17) is 11.6 Å². The van der Waals surface area contributed by atoms with Crippen LogP contribution in [0.15, 0.2) is 59.5 Å². The molecule has 9 nitrogen and oxygen atoms in total. The normalized spacial score (nSPS) is 11.6. The van der Waals surface area contributed by atoms with E-state index in [1.165, 1.54) is 13.2 Å². The Balaban J connectivity index is 2.09. The summed E-state index contributed by atoms with van der Waals surface area (Å²) in [5, 5.41) is 13.6. The largest absolute Gasteiger partial charge is 0.758 e. The van der Waals surface area contributed by atoms with Crippen LogP contribution in [0.25, 0.3) is 22.0 Å². The number of fused-ring (bicyclic) bond motifs is 1. The van der Waals surface area contributed by atoms with Gasteiger partial charge in [-0.1, -0.05) is 24.6 Å². The highest BCUT2D eigenvalue weighted by Gasteiger charge is 2.27. The van der Waals surface area contributed by atoms with Crippen LogP contribution in [0.3, 0.4) is 0 Å². The van der Waals surface area contributed by atoms with Crippen LogP contribution in [0.1, 0.15) is 28.5 Å². The number of anilines is 1. The third-order valence-corrected chi connectivity index (χ3v) is 6.76. The second-order valence-corrected chi connectivity index (χ2v) is 10.6. The molecule has 0 radical (unpaired) electrons. The fourth-order valence-corrected chi connectivity index (χ4v) is 4.79. The number of sulfonamides is 1. The van der Waals surface area contributed by atoms with Crippen LogP contribution in [-0.4, -0.2) is 37.2 Å². The van der Waals surface area contributed by atoms with Gasteiger partial charge in [-0.2, -0.15) is 0 Å². The van der Waals surface area contributed by atoms with Gasteiger partial charge in [0.1, 0.15) is 5.69 Å². The summed E-state index contributed by atoms with van der Waals surface area (Å²) in [5.41, 5.74) is 2.54. The SMILES string of the molecule is CCc1ccc2c(c1)c(-c1ccc[nH]c1=O)c(C(=O)NS(C)(=O)=O)n2Cc1cc(N(C)[O-])ccc1Cl. The summed E-state index contributed by atoms with van der Waals surface area (Å²) in [6, 6.07) is 13.6. The number of H-pyrrole nitrogens is 1. The van der Waals surface area contributed by atoms with Crippen molar-refractivity contribution in [2.45, 2.75) is 19.9 Å². The monoisotopic (exact) mass is 527 g/mol.